The van der Waals surface area contributed by atoms with E-state index in [0.717, 1.165) is 50.3 Å². The van der Waals surface area contributed by atoms with E-state index in [1.165, 1.54) is 294 Å². The van der Waals surface area contributed by atoms with Crippen molar-refractivity contribution >= 4 is 23.7 Å². The first-order chi connectivity index (χ1) is 35.8. The van der Waals surface area contributed by atoms with Gasteiger partial charge in [-0.1, -0.05) is 321 Å². The van der Waals surface area contributed by atoms with E-state index in [4.69, 9.17) is 0 Å². The monoisotopic (exact) mass is 1030 g/mol. The third-order valence-electron chi connectivity index (χ3n) is 15.7. The van der Waals surface area contributed by atoms with E-state index in [-0.39, 0.29) is 22.6 Å². The molecule has 0 saturated carbocycles. The molecule has 0 unspecified atom stereocenters. The summed E-state index contributed by atoms with van der Waals surface area (Å²) >= 11 is 1.12. The van der Waals surface area contributed by atoms with Gasteiger partial charge in [0.15, 0.2) is 0 Å². The maximum Gasteiger partial charge on any atom is 0.336 e. The standard InChI is InChI=1S/C66H114O6S/c1-3-5-7-9-11-13-15-17-19-21-23-25-27-29-31-33-35-37-39-41-43-45-47-49-51-57-59(65(69)70)53-55-61(67)63(57)73-64-58(60(66(71)72)54-56-62(64)68)52-50-48-46-44-42-40-38-36-34-32-30-28-26-24-22-20-18-16-14-12-10-8-6-4-2/h53-56,67-68H,3-52H2,1-2H3,(H,69,70)(H,71,72). The van der Waals surface area contributed by atoms with Crippen LogP contribution in [0.5, 0.6) is 11.5 Å². The molecule has 0 aliphatic carbocycles. The minimum Gasteiger partial charge on any atom is -0.507 e. The smallest absolute Gasteiger partial charge is 0.336 e. The van der Waals surface area contributed by atoms with Gasteiger partial charge in [0.25, 0.3) is 0 Å². The molecule has 2 aromatic carbocycles. The van der Waals surface area contributed by atoms with Crippen LogP contribution < -0.4 is 0 Å². The summed E-state index contributed by atoms with van der Waals surface area (Å²) < 4.78 is 0. The summed E-state index contributed by atoms with van der Waals surface area (Å²) in [5.74, 6) is -2.19. The van der Waals surface area contributed by atoms with Crippen LogP contribution in [-0.4, -0.2) is 32.4 Å². The van der Waals surface area contributed by atoms with Crippen molar-refractivity contribution in [2.45, 2.75) is 345 Å². The van der Waals surface area contributed by atoms with Crippen molar-refractivity contribution in [2.75, 3.05) is 0 Å². The van der Waals surface area contributed by atoms with Gasteiger partial charge in [0.2, 0.25) is 0 Å². The number of hydrogen-bond acceptors (Lipinski definition) is 5. The number of phenolic OH excluding ortho intramolecular Hbond substituents is 2. The highest BCUT2D eigenvalue weighted by Crippen LogP contribution is 2.45. The van der Waals surface area contributed by atoms with Crippen molar-refractivity contribution in [1.29, 1.82) is 0 Å². The van der Waals surface area contributed by atoms with E-state index in [9.17, 15) is 30.0 Å². The molecule has 0 atom stereocenters. The molecule has 0 aliphatic rings. The lowest BCUT2D eigenvalue weighted by Crippen LogP contribution is -2.06. The number of unbranched alkanes of at least 4 members (excludes halogenated alkanes) is 46. The molecule has 0 heterocycles. The zero-order valence-corrected chi connectivity index (χ0v) is 48.5. The van der Waals surface area contributed by atoms with E-state index >= 15 is 0 Å². The molecule has 0 spiro atoms. The molecule has 0 saturated heterocycles. The Morgan fingerprint density at radius 1 is 0.301 bits per heavy atom. The summed E-state index contributed by atoms with van der Waals surface area (Å²) in [4.78, 5) is 25.7. The maximum absolute atomic E-state index is 12.5. The number of rotatable bonds is 54. The van der Waals surface area contributed by atoms with Crippen LogP contribution >= 0.6 is 11.8 Å². The molecule has 0 amide bonds. The second-order valence-corrected chi connectivity index (χ2v) is 23.4. The first-order valence-electron chi connectivity index (χ1n) is 31.7. The van der Waals surface area contributed by atoms with E-state index < -0.39 is 11.9 Å². The molecule has 0 aliphatic heterocycles. The summed E-state index contributed by atoms with van der Waals surface area (Å²) in [6.45, 7) is 4.58. The molecule has 73 heavy (non-hydrogen) atoms. The molecular weight excluding hydrogens is 921 g/mol. The number of hydrogen-bond donors (Lipinski definition) is 4. The van der Waals surface area contributed by atoms with E-state index in [0.29, 0.717) is 33.8 Å². The molecule has 7 heteroatoms. The summed E-state index contributed by atoms with van der Waals surface area (Å²) in [5, 5.41) is 42.7. The lowest BCUT2D eigenvalue weighted by atomic mass is 9.99. The first-order valence-corrected chi connectivity index (χ1v) is 32.5. The average Bonchev–Trinajstić information content (AvgIpc) is 3.37. The van der Waals surface area contributed by atoms with Gasteiger partial charge in [-0.15, -0.1) is 0 Å². The number of benzene rings is 2. The summed E-state index contributed by atoms with van der Waals surface area (Å²) in [7, 11) is 0. The zero-order valence-electron chi connectivity index (χ0n) is 47.7. The molecule has 0 bridgehead atoms. The summed E-state index contributed by atoms with van der Waals surface area (Å²) in [6, 6.07) is 5.75. The number of phenols is 2. The van der Waals surface area contributed by atoms with Crippen LogP contribution in [0.1, 0.15) is 354 Å². The van der Waals surface area contributed by atoms with Crippen LogP contribution in [0.2, 0.25) is 0 Å². The predicted molar refractivity (Wildman–Crippen MR) is 315 cm³/mol. The van der Waals surface area contributed by atoms with Gasteiger partial charge < -0.3 is 20.4 Å². The summed E-state index contributed by atoms with van der Waals surface area (Å²) in [5.41, 5.74) is 1.40. The van der Waals surface area contributed by atoms with Gasteiger partial charge in [-0.3, -0.25) is 0 Å². The van der Waals surface area contributed by atoms with Gasteiger partial charge in [0.1, 0.15) is 11.5 Å². The largest absolute Gasteiger partial charge is 0.507 e. The topological polar surface area (TPSA) is 115 Å². The maximum atomic E-state index is 12.5. The second-order valence-electron chi connectivity index (χ2n) is 22.4. The summed E-state index contributed by atoms with van der Waals surface area (Å²) in [6.07, 6.45) is 64.4. The fourth-order valence-electron chi connectivity index (χ4n) is 11.0. The van der Waals surface area contributed by atoms with Crippen molar-refractivity contribution in [3.63, 3.8) is 0 Å². The van der Waals surface area contributed by atoms with Crippen molar-refractivity contribution in [1.82, 2.24) is 0 Å². The van der Waals surface area contributed by atoms with Crippen LogP contribution in [0.15, 0.2) is 34.1 Å². The second kappa shape index (κ2) is 47.8. The van der Waals surface area contributed by atoms with E-state index in [1.54, 1.807) is 0 Å². The Hall–Kier alpha value is -2.67. The molecule has 0 fully saturated rings. The minimum absolute atomic E-state index is 0.0461. The lowest BCUT2D eigenvalue weighted by Gasteiger charge is -2.18. The highest BCUT2D eigenvalue weighted by Gasteiger charge is 2.24. The number of aromatic hydroxyl groups is 2. The van der Waals surface area contributed by atoms with Crippen molar-refractivity contribution in [2.24, 2.45) is 0 Å². The van der Waals surface area contributed by atoms with Crippen LogP contribution in [0.4, 0.5) is 0 Å². The van der Waals surface area contributed by atoms with Crippen LogP contribution in [0.25, 0.3) is 0 Å². The van der Waals surface area contributed by atoms with Gasteiger partial charge in [0.05, 0.1) is 20.9 Å². The third-order valence-corrected chi connectivity index (χ3v) is 17.0. The fourth-order valence-corrected chi connectivity index (χ4v) is 12.2. The predicted octanol–water partition coefficient (Wildman–Crippen LogP) is 22.5. The molecule has 2 aromatic rings. The molecule has 4 N–H and O–H groups in total. The molecule has 420 valence electrons. The number of carboxylic acids is 2. The SMILES string of the molecule is CCCCCCCCCCCCCCCCCCCCCCCCCCc1c(C(=O)O)ccc(O)c1Sc1c(O)ccc(C(=O)O)c1CCCCCCCCCCCCCCCCCCCCCCCCCC. The highest BCUT2D eigenvalue weighted by molar-refractivity contribution is 7.99. The Bertz CT molecular complexity index is 1510. The fraction of sp³-hybridized carbons (Fsp3) is 0.788. The van der Waals surface area contributed by atoms with Crippen LogP contribution in [-0.2, 0) is 12.8 Å². The molecule has 6 nitrogen and oxygen atoms in total. The van der Waals surface area contributed by atoms with Crippen molar-refractivity contribution < 1.29 is 30.0 Å². The normalized spacial score (nSPS) is 11.5. The zero-order chi connectivity index (χ0) is 52.7. The lowest BCUT2D eigenvalue weighted by molar-refractivity contribution is 0.0684. The molecule has 0 aromatic heterocycles. The number of aromatic carboxylic acids is 2. The van der Waals surface area contributed by atoms with Gasteiger partial charge in [0, 0.05) is 0 Å². The quantitative estimate of drug-likeness (QED) is 0.0488. The average molecular weight is 1040 g/mol. The Morgan fingerprint density at radius 2 is 0.479 bits per heavy atom. The molecular formula is C66H114O6S. The minimum atomic E-state index is -1.05. The van der Waals surface area contributed by atoms with Crippen molar-refractivity contribution in [3.8, 4) is 11.5 Å². The first kappa shape index (κ1) is 66.4. The molecule has 2 rings (SSSR count). The van der Waals surface area contributed by atoms with Gasteiger partial charge in [-0.2, -0.15) is 0 Å². The highest BCUT2D eigenvalue weighted by atomic mass is 32.2. The Kier molecular flexibility index (Phi) is 43.5. The number of carbonyl (C=O) groups is 2. The van der Waals surface area contributed by atoms with E-state index in [1.807, 2.05) is 0 Å². The third kappa shape index (κ3) is 34.6. The van der Waals surface area contributed by atoms with Crippen LogP contribution in [0.3, 0.4) is 0 Å². The van der Waals surface area contributed by atoms with E-state index in [2.05, 4.69) is 13.8 Å². The van der Waals surface area contributed by atoms with Gasteiger partial charge >= 0.3 is 11.9 Å². The Balaban J connectivity index is 1.63. The van der Waals surface area contributed by atoms with Gasteiger partial charge in [-0.25, -0.2) is 9.59 Å². The van der Waals surface area contributed by atoms with Crippen molar-refractivity contribution in [3.05, 3.63) is 46.5 Å². The van der Waals surface area contributed by atoms with Crippen LogP contribution in [0, 0.1) is 0 Å². The molecule has 0 radical (unpaired) electrons. The van der Waals surface area contributed by atoms with Gasteiger partial charge in [-0.05, 0) is 61.1 Å². The number of carboxylic acid groups (broad SMARTS) is 2. The Labute approximate surface area is 454 Å². The Morgan fingerprint density at radius 3 is 0.658 bits per heavy atom.